The van der Waals surface area contributed by atoms with Crippen LogP contribution >= 0.6 is 11.3 Å². The number of anilines is 1. The summed E-state index contributed by atoms with van der Waals surface area (Å²) in [7, 11) is 0. The molecule has 6 heteroatoms. The molecular weight excluding hydrogens is 336 g/mol. The minimum atomic E-state index is -0.111. The Hall–Kier alpha value is -2.86. The fourth-order valence-electron chi connectivity index (χ4n) is 2.56. The summed E-state index contributed by atoms with van der Waals surface area (Å²) in [4.78, 5) is 16.8. The van der Waals surface area contributed by atoms with Gasteiger partial charge in [-0.2, -0.15) is 0 Å². The molecule has 0 saturated heterocycles. The van der Waals surface area contributed by atoms with Gasteiger partial charge < -0.3 is 14.8 Å². The lowest BCUT2D eigenvalue weighted by molar-refractivity contribution is -0.115. The van der Waals surface area contributed by atoms with Crippen molar-refractivity contribution in [2.45, 2.75) is 13.3 Å². The van der Waals surface area contributed by atoms with E-state index >= 15 is 0 Å². The standard InChI is InChI=1S/C19H16N2O3S/c1-12-2-4-13(5-3-12)19-21-15(10-25-19)9-18(22)20-14-6-7-16-17(8-14)24-11-23-16/h2-8,10H,9,11H2,1H3,(H,20,22). The zero-order chi connectivity index (χ0) is 17.2. The maximum atomic E-state index is 12.3. The number of thiazole rings is 1. The first-order chi connectivity index (χ1) is 12.2. The van der Waals surface area contributed by atoms with E-state index in [1.165, 1.54) is 5.56 Å². The topological polar surface area (TPSA) is 60.5 Å². The smallest absolute Gasteiger partial charge is 0.231 e. The zero-order valence-corrected chi connectivity index (χ0v) is 14.4. The van der Waals surface area contributed by atoms with Gasteiger partial charge in [0.1, 0.15) is 5.01 Å². The molecule has 3 aromatic rings. The summed E-state index contributed by atoms with van der Waals surface area (Å²) in [5.41, 5.74) is 3.73. The fraction of sp³-hybridized carbons (Fsp3) is 0.158. The lowest BCUT2D eigenvalue weighted by Crippen LogP contribution is -2.14. The number of amides is 1. The van der Waals surface area contributed by atoms with Gasteiger partial charge in [-0.15, -0.1) is 11.3 Å². The highest BCUT2D eigenvalue weighted by Gasteiger charge is 2.15. The summed E-state index contributed by atoms with van der Waals surface area (Å²) in [5, 5.41) is 5.71. The molecule has 0 saturated carbocycles. The molecule has 0 radical (unpaired) electrons. The summed E-state index contributed by atoms with van der Waals surface area (Å²) >= 11 is 1.55. The number of aryl methyl sites for hydroxylation is 1. The molecular formula is C19H16N2O3S. The third-order valence-electron chi connectivity index (χ3n) is 3.85. The molecule has 0 atom stereocenters. The molecule has 0 spiro atoms. The van der Waals surface area contributed by atoms with E-state index in [-0.39, 0.29) is 19.1 Å². The van der Waals surface area contributed by atoms with Gasteiger partial charge in [-0.25, -0.2) is 4.98 Å². The Labute approximate surface area is 149 Å². The number of rotatable bonds is 4. The van der Waals surface area contributed by atoms with E-state index in [0.29, 0.717) is 17.2 Å². The Morgan fingerprint density at radius 2 is 1.96 bits per heavy atom. The van der Waals surface area contributed by atoms with Crippen LogP contribution in [0.2, 0.25) is 0 Å². The van der Waals surface area contributed by atoms with Crippen molar-refractivity contribution < 1.29 is 14.3 Å². The van der Waals surface area contributed by atoms with Crippen LogP contribution in [0.25, 0.3) is 10.6 Å². The Morgan fingerprint density at radius 3 is 2.80 bits per heavy atom. The number of carbonyl (C=O) groups excluding carboxylic acids is 1. The lowest BCUT2D eigenvalue weighted by Gasteiger charge is -2.05. The lowest BCUT2D eigenvalue weighted by atomic mass is 10.2. The number of nitrogens with zero attached hydrogens (tertiary/aromatic N) is 1. The minimum absolute atomic E-state index is 0.111. The second kappa shape index (κ2) is 6.57. The third kappa shape index (κ3) is 3.49. The van der Waals surface area contributed by atoms with Crippen LogP contribution in [0.1, 0.15) is 11.3 Å². The van der Waals surface area contributed by atoms with Crippen LogP contribution in [-0.4, -0.2) is 17.7 Å². The molecule has 2 heterocycles. The Morgan fingerprint density at radius 1 is 1.16 bits per heavy atom. The summed E-state index contributed by atoms with van der Waals surface area (Å²) in [5.74, 6) is 1.23. The number of fused-ring (bicyclic) bond motifs is 1. The highest BCUT2D eigenvalue weighted by Crippen LogP contribution is 2.34. The van der Waals surface area contributed by atoms with E-state index in [0.717, 1.165) is 16.3 Å². The first kappa shape index (κ1) is 15.7. The van der Waals surface area contributed by atoms with Crippen molar-refractivity contribution in [1.82, 2.24) is 4.98 Å². The van der Waals surface area contributed by atoms with E-state index in [9.17, 15) is 4.79 Å². The molecule has 25 heavy (non-hydrogen) atoms. The summed E-state index contributed by atoms with van der Waals surface area (Å²) in [6, 6.07) is 13.6. The highest BCUT2D eigenvalue weighted by atomic mass is 32.1. The molecule has 0 bridgehead atoms. The first-order valence-corrected chi connectivity index (χ1v) is 8.76. The second-order valence-electron chi connectivity index (χ2n) is 5.80. The maximum absolute atomic E-state index is 12.3. The van der Waals surface area contributed by atoms with Gasteiger partial charge in [0.25, 0.3) is 0 Å². The van der Waals surface area contributed by atoms with Crippen molar-refractivity contribution >= 4 is 22.9 Å². The van der Waals surface area contributed by atoms with Crippen LogP contribution in [0.3, 0.4) is 0 Å². The number of ether oxygens (including phenoxy) is 2. The van der Waals surface area contributed by atoms with Crippen molar-refractivity contribution in [2.75, 3.05) is 12.1 Å². The SMILES string of the molecule is Cc1ccc(-c2nc(CC(=O)Nc3ccc4c(c3)OCO4)cs2)cc1. The van der Waals surface area contributed by atoms with Crippen LogP contribution in [0.4, 0.5) is 5.69 Å². The van der Waals surface area contributed by atoms with E-state index in [2.05, 4.69) is 29.4 Å². The van der Waals surface area contributed by atoms with Gasteiger partial charge in [-0.1, -0.05) is 29.8 Å². The molecule has 126 valence electrons. The van der Waals surface area contributed by atoms with Crippen LogP contribution in [-0.2, 0) is 11.2 Å². The zero-order valence-electron chi connectivity index (χ0n) is 13.6. The normalized spacial score (nSPS) is 12.2. The minimum Gasteiger partial charge on any atom is -0.454 e. The van der Waals surface area contributed by atoms with Gasteiger partial charge >= 0.3 is 0 Å². The predicted octanol–water partition coefficient (Wildman–Crippen LogP) is 4.03. The van der Waals surface area contributed by atoms with Crippen molar-refractivity contribution in [3.63, 3.8) is 0 Å². The number of nitrogens with one attached hydrogen (secondary N) is 1. The van der Waals surface area contributed by atoms with Gasteiger partial charge in [-0.3, -0.25) is 4.79 Å². The van der Waals surface area contributed by atoms with Gasteiger partial charge in [0.15, 0.2) is 11.5 Å². The van der Waals surface area contributed by atoms with Crippen molar-refractivity contribution in [2.24, 2.45) is 0 Å². The number of hydrogen-bond donors (Lipinski definition) is 1. The Kier molecular flexibility index (Phi) is 4.11. The Bertz CT molecular complexity index is 919. The van der Waals surface area contributed by atoms with E-state index < -0.39 is 0 Å². The molecule has 0 unspecified atom stereocenters. The van der Waals surface area contributed by atoms with Crippen LogP contribution in [0.5, 0.6) is 11.5 Å². The Balaban J connectivity index is 1.42. The molecule has 1 aliphatic heterocycles. The van der Waals surface area contributed by atoms with Crippen LogP contribution < -0.4 is 14.8 Å². The van der Waals surface area contributed by atoms with Gasteiger partial charge in [0, 0.05) is 22.7 Å². The summed E-state index contributed by atoms with van der Waals surface area (Å²) in [6.07, 6.45) is 0.233. The number of carbonyl (C=O) groups is 1. The van der Waals surface area contributed by atoms with Crippen molar-refractivity contribution in [3.05, 3.63) is 59.1 Å². The molecule has 0 fully saturated rings. The average molecular weight is 352 g/mol. The summed E-state index contributed by atoms with van der Waals surface area (Å²) < 4.78 is 10.6. The van der Waals surface area contributed by atoms with E-state index in [4.69, 9.17) is 9.47 Å². The molecule has 4 rings (SSSR count). The predicted molar refractivity (Wildman–Crippen MR) is 97.2 cm³/mol. The van der Waals surface area contributed by atoms with Gasteiger partial charge in [0.05, 0.1) is 12.1 Å². The van der Waals surface area contributed by atoms with E-state index in [1.54, 1.807) is 29.5 Å². The van der Waals surface area contributed by atoms with Gasteiger partial charge in [0.2, 0.25) is 12.7 Å². The largest absolute Gasteiger partial charge is 0.454 e. The molecule has 1 aromatic heterocycles. The maximum Gasteiger partial charge on any atom is 0.231 e. The third-order valence-corrected chi connectivity index (χ3v) is 4.79. The van der Waals surface area contributed by atoms with Crippen molar-refractivity contribution in [3.8, 4) is 22.1 Å². The monoisotopic (exact) mass is 352 g/mol. The molecule has 2 aromatic carbocycles. The van der Waals surface area contributed by atoms with E-state index in [1.807, 2.05) is 17.5 Å². The number of hydrogen-bond acceptors (Lipinski definition) is 5. The van der Waals surface area contributed by atoms with Crippen LogP contribution in [0.15, 0.2) is 47.8 Å². The molecule has 1 aliphatic rings. The fourth-order valence-corrected chi connectivity index (χ4v) is 3.39. The van der Waals surface area contributed by atoms with Gasteiger partial charge in [-0.05, 0) is 19.1 Å². The molecule has 1 amide bonds. The quantitative estimate of drug-likeness (QED) is 0.770. The second-order valence-corrected chi connectivity index (χ2v) is 6.66. The number of benzene rings is 2. The number of aromatic nitrogens is 1. The molecule has 0 aliphatic carbocycles. The first-order valence-electron chi connectivity index (χ1n) is 7.88. The van der Waals surface area contributed by atoms with Crippen molar-refractivity contribution in [1.29, 1.82) is 0 Å². The highest BCUT2D eigenvalue weighted by molar-refractivity contribution is 7.13. The van der Waals surface area contributed by atoms with Crippen LogP contribution in [0, 0.1) is 6.92 Å². The molecule has 1 N–H and O–H groups in total. The molecule has 5 nitrogen and oxygen atoms in total. The summed E-state index contributed by atoms with van der Waals surface area (Å²) in [6.45, 7) is 2.27. The average Bonchev–Trinajstić information content (AvgIpc) is 3.24.